The van der Waals surface area contributed by atoms with Crippen molar-refractivity contribution < 1.29 is 4.74 Å². The molecular weight excluding hydrogens is 160 g/mol. The van der Waals surface area contributed by atoms with Gasteiger partial charge in [0.2, 0.25) is 0 Å². The van der Waals surface area contributed by atoms with Crippen LogP contribution in [0.15, 0.2) is 47.8 Å². The van der Waals surface area contributed by atoms with E-state index in [1.54, 1.807) is 13.4 Å². The lowest BCUT2D eigenvalue weighted by atomic mass is 10.1. The fourth-order valence-corrected chi connectivity index (χ4v) is 1.04. The SMILES string of the molecule is C\C=C/C(=C\C)C(/C=C\OC)=C\C. The second kappa shape index (κ2) is 7.41. The maximum absolute atomic E-state index is 4.87. The van der Waals surface area contributed by atoms with E-state index in [0.717, 1.165) is 0 Å². The fourth-order valence-electron chi connectivity index (χ4n) is 1.04. The first-order valence-corrected chi connectivity index (χ1v) is 4.45. The molecule has 0 radical (unpaired) electrons. The van der Waals surface area contributed by atoms with E-state index in [0.29, 0.717) is 0 Å². The molecule has 0 amide bonds. The van der Waals surface area contributed by atoms with Crippen LogP contribution in [-0.4, -0.2) is 7.11 Å². The number of hydrogen-bond donors (Lipinski definition) is 0. The Morgan fingerprint density at radius 2 is 1.46 bits per heavy atom. The lowest BCUT2D eigenvalue weighted by molar-refractivity contribution is 0.338. The highest BCUT2D eigenvalue weighted by Gasteiger charge is 1.94. The molecule has 1 heteroatoms. The third-order valence-corrected chi connectivity index (χ3v) is 1.69. The van der Waals surface area contributed by atoms with E-state index in [-0.39, 0.29) is 0 Å². The van der Waals surface area contributed by atoms with Gasteiger partial charge in [0, 0.05) is 0 Å². The van der Waals surface area contributed by atoms with Gasteiger partial charge in [0.25, 0.3) is 0 Å². The molecule has 0 spiro atoms. The molecule has 0 fully saturated rings. The van der Waals surface area contributed by atoms with Gasteiger partial charge in [-0.05, 0) is 38.0 Å². The highest BCUT2D eigenvalue weighted by molar-refractivity contribution is 5.45. The van der Waals surface area contributed by atoms with Crippen LogP contribution < -0.4 is 0 Å². The van der Waals surface area contributed by atoms with Crippen LogP contribution in [0.4, 0.5) is 0 Å². The van der Waals surface area contributed by atoms with Crippen molar-refractivity contribution in [2.45, 2.75) is 20.8 Å². The number of ether oxygens (including phenoxy) is 1. The van der Waals surface area contributed by atoms with E-state index in [1.807, 2.05) is 32.9 Å². The van der Waals surface area contributed by atoms with E-state index >= 15 is 0 Å². The van der Waals surface area contributed by atoms with Gasteiger partial charge in [-0.1, -0.05) is 24.3 Å². The Hall–Kier alpha value is -1.24. The maximum Gasteiger partial charge on any atom is 0.0830 e. The van der Waals surface area contributed by atoms with Crippen molar-refractivity contribution in [3.8, 4) is 0 Å². The van der Waals surface area contributed by atoms with Crippen molar-refractivity contribution in [3.63, 3.8) is 0 Å². The van der Waals surface area contributed by atoms with Gasteiger partial charge in [-0.15, -0.1) is 0 Å². The fraction of sp³-hybridized carbons (Fsp3) is 0.333. The van der Waals surface area contributed by atoms with E-state index in [2.05, 4.69) is 18.2 Å². The lowest BCUT2D eigenvalue weighted by Crippen LogP contribution is -1.82. The van der Waals surface area contributed by atoms with E-state index in [4.69, 9.17) is 4.74 Å². The minimum Gasteiger partial charge on any atom is -0.504 e. The predicted octanol–water partition coefficient (Wildman–Crippen LogP) is 3.62. The standard InChI is InChI=1S/C12H18O/c1-5-8-11(6-2)12(7-3)9-10-13-4/h5-10H,1-4H3/b8-5-,10-9-,11-6+,12-7-. The Balaban J connectivity index is 4.67. The van der Waals surface area contributed by atoms with Crippen LogP contribution in [0.5, 0.6) is 0 Å². The van der Waals surface area contributed by atoms with Crippen molar-refractivity contribution >= 4 is 0 Å². The Bertz CT molecular complexity index is 242. The summed E-state index contributed by atoms with van der Waals surface area (Å²) in [6.07, 6.45) is 11.9. The number of hydrogen-bond acceptors (Lipinski definition) is 1. The summed E-state index contributed by atoms with van der Waals surface area (Å²) in [5, 5.41) is 0. The van der Waals surface area contributed by atoms with E-state index < -0.39 is 0 Å². The van der Waals surface area contributed by atoms with Crippen molar-refractivity contribution in [3.05, 3.63) is 47.8 Å². The first-order valence-electron chi connectivity index (χ1n) is 4.45. The molecule has 0 bridgehead atoms. The molecule has 0 aliphatic carbocycles. The van der Waals surface area contributed by atoms with E-state index in [1.165, 1.54) is 11.1 Å². The second-order valence-electron chi connectivity index (χ2n) is 2.53. The molecule has 0 aromatic carbocycles. The van der Waals surface area contributed by atoms with Crippen LogP contribution >= 0.6 is 0 Å². The number of methoxy groups -OCH3 is 1. The maximum atomic E-state index is 4.87. The molecule has 0 unspecified atom stereocenters. The Morgan fingerprint density at radius 3 is 1.85 bits per heavy atom. The zero-order valence-electron chi connectivity index (χ0n) is 8.87. The van der Waals surface area contributed by atoms with Gasteiger partial charge in [-0.2, -0.15) is 0 Å². The van der Waals surface area contributed by atoms with Gasteiger partial charge in [0.1, 0.15) is 0 Å². The molecule has 13 heavy (non-hydrogen) atoms. The number of rotatable bonds is 4. The third kappa shape index (κ3) is 4.36. The molecule has 0 saturated heterocycles. The quantitative estimate of drug-likeness (QED) is 0.472. The minimum absolute atomic E-state index is 1.17. The van der Waals surface area contributed by atoms with E-state index in [9.17, 15) is 0 Å². The smallest absolute Gasteiger partial charge is 0.0830 e. The largest absolute Gasteiger partial charge is 0.504 e. The Labute approximate surface area is 81.1 Å². The highest BCUT2D eigenvalue weighted by Crippen LogP contribution is 2.12. The van der Waals surface area contributed by atoms with Gasteiger partial charge in [0.15, 0.2) is 0 Å². The van der Waals surface area contributed by atoms with Crippen molar-refractivity contribution in [2.75, 3.05) is 7.11 Å². The summed E-state index contributed by atoms with van der Waals surface area (Å²) in [4.78, 5) is 0. The summed E-state index contributed by atoms with van der Waals surface area (Å²) < 4.78 is 4.87. The normalized spacial score (nSPS) is 14.5. The first kappa shape index (κ1) is 11.8. The molecule has 0 atom stereocenters. The van der Waals surface area contributed by atoms with Crippen molar-refractivity contribution in [1.82, 2.24) is 0 Å². The lowest BCUT2D eigenvalue weighted by Gasteiger charge is -2.01. The van der Waals surface area contributed by atoms with Gasteiger partial charge >= 0.3 is 0 Å². The van der Waals surface area contributed by atoms with Gasteiger partial charge in [-0.25, -0.2) is 0 Å². The zero-order chi connectivity index (χ0) is 10.1. The molecule has 0 N–H and O–H groups in total. The molecular formula is C12H18O. The van der Waals surface area contributed by atoms with Crippen LogP contribution in [0.25, 0.3) is 0 Å². The summed E-state index contributed by atoms with van der Waals surface area (Å²) >= 11 is 0. The second-order valence-corrected chi connectivity index (χ2v) is 2.53. The zero-order valence-corrected chi connectivity index (χ0v) is 8.87. The van der Waals surface area contributed by atoms with Gasteiger partial charge in [0.05, 0.1) is 13.4 Å². The molecule has 0 heterocycles. The Kier molecular flexibility index (Phi) is 6.70. The summed E-state index contributed by atoms with van der Waals surface area (Å²) in [7, 11) is 1.65. The summed E-state index contributed by atoms with van der Waals surface area (Å²) in [6, 6.07) is 0. The molecule has 72 valence electrons. The van der Waals surface area contributed by atoms with Crippen molar-refractivity contribution in [2.24, 2.45) is 0 Å². The highest BCUT2D eigenvalue weighted by atomic mass is 16.5. The van der Waals surface area contributed by atoms with Crippen LogP contribution in [0.3, 0.4) is 0 Å². The van der Waals surface area contributed by atoms with Crippen LogP contribution in [0, 0.1) is 0 Å². The summed E-state index contributed by atoms with van der Waals surface area (Å²) in [5.74, 6) is 0. The monoisotopic (exact) mass is 178 g/mol. The van der Waals surface area contributed by atoms with Crippen LogP contribution in [0.1, 0.15) is 20.8 Å². The van der Waals surface area contributed by atoms with Gasteiger partial charge < -0.3 is 4.74 Å². The first-order chi connectivity index (χ1) is 6.29. The molecule has 0 saturated carbocycles. The van der Waals surface area contributed by atoms with Gasteiger partial charge in [-0.3, -0.25) is 0 Å². The molecule has 0 rings (SSSR count). The van der Waals surface area contributed by atoms with Crippen LogP contribution in [-0.2, 0) is 4.74 Å². The average molecular weight is 178 g/mol. The summed E-state index contributed by atoms with van der Waals surface area (Å²) in [6.45, 7) is 6.05. The molecule has 0 aliphatic rings. The molecule has 0 aromatic rings. The predicted molar refractivity (Wildman–Crippen MR) is 58.5 cm³/mol. The number of allylic oxidation sites excluding steroid dienone is 7. The average Bonchev–Trinajstić information content (AvgIpc) is 2.17. The molecule has 1 nitrogen and oxygen atoms in total. The minimum atomic E-state index is 1.17. The molecule has 0 aliphatic heterocycles. The third-order valence-electron chi connectivity index (χ3n) is 1.69. The summed E-state index contributed by atoms with van der Waals surface area (Å²) in [5.41, 5.74) is 2.38. The molecule has 0 aromatic heterocycles. The van der Waals surface area contributed by atoms with Crippen molar-refractivity contribution in [1.29, 1.82) is 0 Å². The van der Waals surface area contributed by atoms with Crippen LogP contribution in [0.2, 0.25) is 0 Å². The topological polar surface area (TPSA) is 9.23 Å². The Morgan fingerprint density at radius 1 is 0.923 bits per heavy atom.